The van der Waals surface area contributed by atoms with Gasteiger partial charge in [0, 0.05) is 38.1 Å². The lowest BCUT2D eigenvalue weighted by atomic mass is 10.1. The Kier molecular flexibility index (Phi) is 3.93. The number of piperidine rings is 1. The van der Waals surface area contributed by atoms with Crippen molar-refractivity contribution in [2.24, 2.45) is 5.73 Å². The third-order valence-corrected chi connectivity index (χ3v) is 3.12. The van der Waals surface area contributed by atoms with Crippen molar-refractivity contribution < 1.29 is 4.79 Å². The molecular formula is C12H18N4O. The molecule has 17 heavy (non-hydrogen) atoms. The molecule has 5 nitrogen and oxygen atoms in total. The summed E-state index contributed by atoms with van der Waals surface area (Å²) in [6.45, 7) is 2.33. The maximum atomic E-state index is 11.0. The Bertz CT molecular complexity index is 360. The standard InChI is InChI=1S/C12H18N4O/c13-12(17)16-6-3-11(4-7-16)15-9-10-2-1-5-14-8-10/h1-2,5,8,11,15H,3-4,6-7,9H2,(H2,13,17). The number of nitrogens with one attached hydrogen (secondary N) is 1. The van der Waals surface area contributed by atoms with Crippen LogP contribution in [0.25, 0.3) is 0 Å². The van der Waals surface area contributed by atoms with Crippen LogP contribution >= 0.6 is 0 Å². The molecule has 0 aliphatic carbocycles. The number of primary amides is 1. The molecule has 1 saturated heterocycles. The van der Waals surface area contributed by atoms with Crippen molar-refractivity contribution in [3.8, 4) is 0 Å². The largest absolute Gasteiger partial charge is 0.351 e. The Morgan fingerprint density at radius 1 is 1.53 bits per heavy atom. The molecule has 2 heterocycles. The van der Waals surface area contributed by atoms with Crippen LogP contribution in [0.1, 0.15) is 18.4 Å². The van der Waals surface area contributed by atoms with Crippen molar-refractivity contribution in [2.45, 2.75) is 25.4 Å². The van der Waals surface area contributed by atoms with Crippen molar-refractivity contribution in [3.63, 3.8) is 0 Å². The average Bonchev–Trinajstić information content (AvgIpc) is 2.38. The van der Waals surface area contributed by atoms with Crippen molar-refractivity contribution in [3.05, 3.63) is 30.1 Å². The van der Waals surface area contributed by atoms with Crippen LogP contribution in [-0.2, 0) is 6.54 Å². The topological polar surface area (TPSA) is 71.2 Å². The van der Waals surface area contributed by atoms with Gasteiger partial charge in [-0.3, -0.25) is 4.98 Å². The molecule has 3 N–H and O–H groups in total. The maximum Gasteiger partial charge on any atom is 0.314 e. The number of pyridine rings is 1. The minimum atomic E-state index is -0.310. The Balaban J connectivity index is 1.74. The quantitative estimate of drug-likeness (QED) is 0.809. The highest BCUT2D eigenvalue weighted by Gasteiger charge is 2.20. The van der Waals surface area contributed by atoms with Crippen LogP contribution in [0.2, 0.25) is 0 Å². The molecule has 0 unspecified atom stereocenters. The molecule has 0 aromatic carbocycles. The summed E-state index contributed by atoms with van der Waals surface area (Å²) in [5.41, 5.74) is 6.42. The van der Waals surface area contributed by atoms with E-state index in [4.69, 9.17) is 5.73 Å². The molecule has 5 heteroatoms. The molecule has 1 aliphatic rings. The molecule has 1 aliphatic heterocycles. The van der Waals surface area contributed by atoms with Gasteiger partial charge in [-0.1, -0.05) is 6.07 Å². The second-order valence-electron chi connectivity index (χ2n) is 4.34. The number of amides is 2. The summed E-state index contributed by atoms with van der Waals surface area (Å²) in [4.78, 5) is 16.7. The van der Waals surface area contributed by atoms with Gasteiger partial charge in [0.15, 0.2) is 0 Å². The van der Waals surface area contributed by atoms with Crippen molar-refractivity contribution in [2.75, 3.05) is 13.1 Å². The third-order valence-electron chi connectivity index (χ3n) is 3.12. The Morgan fingerprint density at radius 2 is 2.29 bits per heavy atom. The number of carbonyl (C=O) groups excluding carboxylic acids is 1. The lowest BCUT2D eigenvalue weighted by Gasteiger charge is -2.31. The monoisotopic (exact) mass is 234 g/mol. The van der Waals surface area contributed by atoms with Crippen LogP contribution in [-0.4, -0.2) is 35.0 Å². The van der Waals surface area contributed by atoms with E-state index in [0.717, 1.165) is 32.5 Å². The highest BCUT2D eigenvalue weighted by molar-refractivity contribution is 5.72. The van der Waals surface area contributed by atoms with Gasteiger partial charge in [-0.15, -0.1) is 0 Å². The number of nitrogens with zero attached hydrogens (tertiary/aromatic N) is 2. The number of likely N-dealkylation sites (tertiary alicyclic amines) is 1. The fourth-order valence-corrected chi connectivity index (χ4v) is 2.07. The van der Waals surface area contributed by atoms with E-state index in [2.05, 4.69) is 16.4 Å². The summed E-state index contributed by atoms with van der Waals surface area (Å²) in [6.07, 6.45) is 5.56. The van der Waals surface area contributed by atoms with Gasteiger partial charge in [-0.25, -0.2) is 4.79 Å². The number of aromatic nitrogens is 1. The highest BCUT2D eigenvalue weighted by Crippen LogP contribution is 2.10. The molecule has 2 amide bonds. The van der Waals surface area contributed by atoms with Crippen LogP contribution in [0.4, 0.5) is 4.79 Å². The molecule has 92 valence electrons. The zero-order valence-corrected chi connectivity index (χ0v) is 9.80. The van der Waals surface area contributed by atoms with E-state index in [1.54, 1.807) is 11.1 Å². The number of rotatable bonds is 3. The number of urea groups is 1. The second-order valence-corrected chi connectivity index (χ2v) is 4.34. The number of hydrogen-bond donors (Lipinski definition) is 2. The zero-order valence-electron chi connectivity index (χ0n) is 9.80. The Labute approximate surface area is 101 Å². The molecular weight excluding hydrogens is 216 g/mol. The first-order chi connectivity index (χ1) is 8.25. The third kappa shape index (κ3) is 3.42. The van der Waals surface area contributed by atoms with E-state index >= 15 is 0 Å². The fourth-order valence-electron chi connectivity index (χ4n) is 2.07. The van der Waals surface area contributed by atoms with Crippen LogP contribution in [0.15, 0.2) is 24.5 Å². The highest BCUT2D eigenvalue weighted by atomic mass is 16.2. The summed E-state index contributed by atoms with van der Waals surface area (Å²) in [5.74, 6) is 0. The molecule has 1 aromatic rings. The number of carbonyl (C=O) groups is 1. The van der Waals surface area contributed by atoms with E-state index in [9.17, 15) is 4.79 Å². The van der Waals surface area contributed by atoms with E-state index in [-0.39, 0.29) is 6.03 Å². The molecule has 0 atom stereocenters. The van der Waals surface area contributed by atoms with Gasteiger partial charge in [-0.05, 0) is 24.5 Å². The minimum absolute atomic E-state index is 0.310. The van der Waals surface area contributed by atoms with E-state index in [1.807, 2.05) is 12.3 Å². The molecule has 0 saturated carbocycles. The van der Waals surface area contributed by atoms with Crippen molar-refractivity contribution in [1.29, 1.82) is 0 Å². The predicted molar refractivity (Wildman–Crippen MR) is 65.3 cm³/mol. The SMILES string of the molecule is NC(=O)N1CCC(NCc2cccnc2)CC1. The molecule has 1 aromatic heterocycles. The predicted octanol–water partition coefficient (Wildman–Crippen LogP) is 0.714. The number of nitrogens with two attached hydrogens (primary N) is 1. The average molecular weight is 234 g/mol. The Hall–Kier alpha value is -1.62. The van der Waals surface area contributed by atoms with E-state index in [0.29, 0.717) is 6.04 Å². The molecule has 0 spiro atoms. The maximum absolute atomic E-state index is 11.0. The Morgan fingerprint density at radius 3 is 2.88 bits per heavy atom. The fraction of sp³-hybridized carbons (Fsp3) is 0.500. The molecule has 0 radical (unpaired) electrons. The van der Waals surface area contributed by atoms with Crippen LogP contribution in [0.5, 0.6) is 0 Å². The molecule has 0 bridgehead atoms. The van der Waals surface area contributed by atoms with E-state index < -0.39 is 0 Å². The van der Waals surface area contributed by atoms with Crippen LogP contribution < -0.4 is 11.1 Å². The summed E-state index contributed by atoms with van der Waals surface area (Å²) in [7, 11) is 0. The van der Waals surface area contributed by atoms with Gasteiger partial charge < -0.3 is 16.0 Å². The van der Waals surface area contributed by atoms with Gasteiger partial charge >= 0.3 is 6.03 Å². The van der Waals surface area contributed by atoms with Gasteiger partial charge in [0.25, 0.3) is 0 Å². The van der Waals surface area contributed by atoms with Crippen LogP contribution in [0, 0.1) is 0 Å². The zero-order chi connectivity index (χ0) is 12.1. The lowest BCUT2D eigenvalue weighted by molar-refractivity contribution is 0.185. The smallest absolute Gasteiger partial charge is 0.314 e. The summed E-state index contributed by atoms with van der Waals surface area (Å²) in [5, 5.41) is 3.48. The second kappa shape index (κ2) is 5.63. The van der Waals surface area contributed by atoms with Crippen molar-refractivity contribution in [1.82, 2.24) is 15.2 Å². The summed E-state index contributed by atoms with van der Waals surface area (Å²) >= 11 is 0. The first-order valence-corrected chi connectivity index (χ1v) is 5.92. The van der Waals surface area contributed by atoms with Gasteiger partial charge in [0.2, 0.25) is 0 Å². The lowest BCUT2D eigenvalue weighted by Crippen LogP contribution is -2.46. The normalized spacial score (nSPS) is 17.1. The minimum Gasteiger partial charge on any atom is -0.351 e. The summed E-state index contributed by atoms with van der Waals surface area (Å²) in [6, 6.07) is 4.15. The van der Waals surface area contributed by atoms with E-state index in [1.165, 1.54) is 5.56 Å². The first-order valence-electron chi connectivity index (χ1n) is 5.92. The summed E-state index contributed by atoms with van der Waals surface area (Å²) < 4.78 is 0. The van der Waals surface area contributed by atoms with Crippen LogP contribution in [0.3, 0.4) is 0 Å². The van der Waals surface area contributed by atoms with Gasteiger partial charge in [0.1, 0.15) is 0 Å². The first kappa shape index (κ1) is 11.9. The molecule has 2 rings (SSSR count). The van der Waals surface area contributed by atoms with Crippen molar-refractivity contribution >= 4 is 6.03 Å². The van der Waals surface area contributed by atoms with Gasteiger partial charge in [-0.2, -0.15) is 0 Å². The van der Waals surface area contributed by atoms with Gasteiger partial charge in [0.05, 0.1) is 0 Å². The molecule has 1 fully saturated rings. The number of hydrogen-bond acceptors (Lipinski definition) is 3.